The molecule has 3 heterocycles. The molecule has 0 atom stereocenters. The molecule has 0 aliphatic carbocycles. The zero-order chi connectivity index (χ0) is 22.6. The lowest BCUT2D eigenvalue weighted by Gasteiger charge is -2.16. The predicted octanol–water partition coefficient (Wildman–Crippen LogP) is 6.77. The topological polar surface area (TPSA) is 48.0 Å². The molecule has 160 valence electrons. The Hall–Kier alpha value is -4.42. The van der Waals surface area contributed by atoms with Gasteiger partial charge in [0, 0.05) is 10.9 Å². The molecule has 0 bridgehead atoms. The normalized spacial score (nSPS) is 11.6. The lowest BCUT2D eigenvalue weighted by molar-refractivity contribution is 1.00. The Morgan fingerprint density at radius 2 is 1.21 bits per heavy atom. The Labute approximate surface area is 199 Å². The number of aromatic nitrogens is 5. The van der Waals surface area contributed by atoms with Crippen LogP contribution in [0.5, 0.6) is 0 Å². The second-order valence-corrected chi connectivity index (χ2v) is 8.53. The molecule has 5 nitrogen and oxygen atoms in total. The monoisotopic (exact) mass is 455 g/mol. The summed E-state index contributed by atoms with van der Waals surface area (Å²) in [5, 5.41) is 0.934. The van der Waals surface area contributed by atoms with E-state index in [2.05, 4.69) is 22.6 Å². The van der Waals surface area contributed by atoms with Crippen molar-refractivity contribution in [1.29, 1.82) is 0 Å². The van der Waals surface area contributed by atoms with Gasteiger partial charge in [-0.2, -0.15) is 0 Å². The van der Waals surface area contributed by atoms with Crippen molar-refractivity contribution in [2.45, 2.75) is 0 Å². The third kappa shape index (κ3) is 2.72. The molecule has 0 aliphatic heterocycles. The largest absolute Gasteiger partial charge is 0.288 e. The van der Waals surface area contributed by atoms with Crippen LogP contribution in [0, 0.1) is 4.64 Å². The SMILES string of the molecule is S=c1c2nc3ccccc3n2c2ccccc2n1-c1nc(-c2ccccc2)nc2ccccc12. The Morgan fingerprint density at radius 3 is 2.03 bits per heavy atom. The lowest BCUT2D eigenvalue weighted by atomic mass is 10.1. The van der Waals surface area contributed by atoms with E-state index in [9.17, 15) is 0 Å². The Kier molecular flexibility index (Phi) is 4.10. The van der Waals surface area contributed by atoms with Crippen molar-refractivity contribution in [2.75, 3.05) is 0 Å². The number of nitrogens with zero attached hydrogens (tertiary/aromatic N) is 5. The number of benzene rings is 4. The van der Waals surface area contributed by atoms with Crippen molar-refractivity contribution in [1.82, 2.24) is 23.9 Å². The number of rotatable bonds is 2. The molecule has 0 saturated heterocycles. The van der Waals surface area contributed by atoms with Gasteiger partial charge in [0.1, 0.15) is 5.82 Å². The molecule has 34 heavy (non-hydrogen) atoms. The van der Waals surface area contributed by atoms with Gasteiger partial charge in [0.25, 0.3) is 0 Å². The van der Waals surface area contributed by atoms with Crippen LogP contribution in [0.25, 0.3) is 55.8 Å². The van der Waals surface area contributed by atoms with Gasteiger partial charge in [-0.3, -0.25) is 8.97 Å². The van der Waals surface area contributed by atoms with Gasteiger partial charge in [-0.05, 0) is 36.4 Å². The number of fused-ring (bicyclic) bond motifs is 6. The van der Waals surface area contributed by atoms with E-state index in [4.69, 9.17) is 27.2 Å². The smallest absolute Gasteiger partial charge is 0.174 e. The van der Waals surface area contributed by atoms with Crippen LogP contribution < -0.4 is 0 Å². The second-order valence-electron chi connectivity index (χ2n) is 8.14. The second kappa shape index (κ2) is 7.30. The standard InChI is InChI=1S/C28H17N5S/c34-28-27-30-21-14-6-7-15-22(21)32(27)23-16-8-9-17-24(23)33(28)26-19-12-4-5-13-20(19)29-25(31-26)18-10-2-1-3-11-18/h1-17H. The summed E-state index contributed by atoms with van der Waals surface area (Å²) in [7, 11) is 0. The van der Waals surface area contributed by atoms with Crippen molar-refractivity contribution in [3.8, 4) is 17.2 Å². The highest BCUT2D eigenvalue weighted by Crippen LogP contribution is 2.30. The third-order valence-electron chi connectivity index (χ3n) is 6.15. The molecule has 0 saturated carbocycles. The highest BCUT2D eigenvalue weighted by atomic mass is 32.1. The van der Waals surface area contributed by atoms with Crippen molar-refractivity contribution >= 4 is 50.8 Å². The van der Waals surface area contributed by atoms with Gasteiger partial charge in [0.15, 0.2) is 16.1 Å². The summed E-state index contributed by atoms with van der Waals surface area (Å²) >= 11 is 6.09. The maximum Gasteiger partial charge on any atom is 0.174 e. The van der Waals surface area contributed by atoms with E-state index >= 15 is 0 Å². The molecule has 3 aromatic heterocycles. The van der Waals surface area contributed by atoms with Crippen molar-refractivity contribution < 1.29 is 0 Å². The first-order chi connectivity index (χ1) is 16.8. The number of para-hydroxylation sites is 5. The average molecular weight is 456 g/mol. The van der Waals surface area contributed by atoms with Crippen LogP contribution in [0.4, 0.5) is 0 Å². The highest BCUT2D eigenvalue weighted by molar-refractivity contribution is 7.71. The molecule has 0 N–H and O–H groups in total. The Balaban J connectivity index is 1.68. The van der Waals surface area contributed by atoms with Gasteiger partial charge in [0.2, 0.25) is 0 Å². The Morgan fingerprint density at radius 1 is 0.559 bits per heavy atom. The molecule has 0 unspecified atom stereocenters. The molecule has 0 fully saturated rings. The summed E-state index contributed by atoms with van der Waals surface area (Å²) in [6.45, 7) is 0. The lowest BCUT2D eigenvalue weighted by Crippen LogP contribution is -2.08. The van der Waals surface area contributed by atoms with Crippen LogP contribution in [-0.2, 0) is 0 Å². The first-order valence-corrected chi connectivity index (χ1v) is 11.4. The molecule has 0 aliphatic rings. The molecule has 0 radical (unpaired) electrons. The maximum atomic E-state index is 6.09. The summed E-state index contributed by atoms with van der Waals surface area (Å²) in [6.07, 6.45) is 0. The van der Waals surface area contributed by atoms with E-state index < -0.39 is 0 Å². The first kappa shape index (κ1) is 19.1. The van der Waals surface area contributed by atoms with Crippen LogP contribution in [-0.4, -0.2) is 23.9 Å². The minimum Gasteiger partial charge on any atom is -0.288 e. The van der Waals surface area contributed by atoms with Gasteiger partial charge in [0.05, 0.1) is 27.6 Å². The van der Waals surface area contributed by atoms with Crippen LogP contribution in [0.1, 0.15) is 0 Å². The maximum absolute atomic E-state index is 6.09. The summed E-state index contributed by atoms with van der Waals surface area (Å²) < 4.78 is 4.80. The van der Waals surface area contributed by atoms with E-state index in [1.165, 1.54) is 0 Å². The quantitative estimate of drug-likeness (QED) is 0.270. The van der Waals surface area contributed by atoms with Crippen LogP contribution >= 0.6 is 12.2 Å². The minimum atomic E-state index is 0.609. The number of imidazole rings is 1. The molecule has 4 aromatic carbocycles. The van der Waals surface area contributed by atoms with Crippen molar-refractivity contribution in [3.05, 3.63) is 108 Å². The fourth-order valence-electron chi connectivity index (χ4n) is 4.62. The molecule has 7 rings (SSSR count). The fourth-order valence-corrected chi connectivity index (χ4v) is 4.94. The van der Waals surface area contributed by atoms with Gasteiger partial charge in [-0.1, -0.05) is 78.9 Å². The Bertz CT molecular complexity index is 1940. The third-order valence-corrected chi connectivity index (χ3v) is 6.51. The summed E-state index contributed by atoms with van der Waals surface area (Å²) in [5.74, 6) is 1.41. The average Bonchev–Trinajstić information content (AvgIpc) is 3.29. The first-order valence-electron chi connectivity index (χ1n) is 11.0. The van der Waals surface area contributed by atoms with Crippen LogP contribution in [0.2, 0.25) is 0 Å². The predicted molar refractivity (Wildman–Crippen MR) is 139 cm³/mol. The van der Waals surface area contributed by atoms with Gasteiger partial charge in [-0.25, -0.2) is 15.0 Å². The van der Waals surface area contributed by atoms with E-state index in [0.29, 0.717) is 10.5 Å². The highest BCUT2D eigenvalue weighted by Gasteiger charge is 2.18. The van der Waals surface area contributed by atoms with Crippen molar-refractivity contribution in [3.63, 3.8) is 0 Å². The summed E-state index contributed by atoms with van der Waals surface area (Å²) in [5.41, 5.74) is 6.48. The van der Waals surface area contributed by atoms with Crippen molar-refractivity contribution in [2.24, 2.45) is 0 Å². The zero-order valence-electron chi connectivity index (χ0n) is 18.0. The van der Waals surface area contributed by atoms with E-state index in [1.807, 2.05) is 89.5 Å². The molecule has 6 heteroatoms. The number of hydrogen-bond donors (Lipinski definition) is 0. The molecule has 7 aromatic rings. The zero-order valence-corrected chi connectivity index (χ0v) is 18.8. The van der Waals surface area contributed by atoms with E-state index in [-0.39, 0.29) is 0 Å². The van der Waals surface area contributed by atoms with Gasteiger partial charge < -0.3 is 0 Å². The van der Waals surface area contributed by atoms with Gasteiger partial charge in [-0.15, -0.1) is 0 Å². The molecule has 0 spiro atoms. The van der Waals surface area contributed by atoms with Gasteiger partial charge >= 0.3 is 0 Å². The minimum absolute atomic E-state index is 0.609. The summed E-state index contributed by atoms with van der Waals surface area (Å²) in [4.78, 5) is 14.8. The summed E-state index contributed by atoms with van der Waals surface area (Å²) in [6, 6.07) is 34.5. The van der Waals surface area contributed by atoms with Crippen LogP contribution in [0.3, 0.4) is 0 Å². The number of hydrogen-bond acceptors (Lipinski definition) is 4. The molecular weight excluding hydrogens is 438 g/mol. The van der Waals surface area contributed by atoms with Crippen LogP contribution in [0.15, 0.2) is 103 Å². The van der Waals surface area contributed by atoms with E-state index in [0.717, 1.165) is 50.0 Å². The fraction of sp³-hybridized carbons (Fsp3) is 0. The molecule has 0 amide bonds. The molecular formula is C28H17N5S. The van der Waals surface area contributed by atoms with E-state index in [1.54, 1.807) is 0 Å².